The quantitative estimate of drug-likeness (QED) is 0.759. The molecule has 24 heavy (non-hydrogen) atoms. The smallest absolute Gasteiger partial charge is 0.313 e. The summed E-state index contributed by atoms with van der Waals surface area (Å²) in [5, 5.41) is 17.8. The second-order valence-electron chi connectivity index (χ2n) is 6.38. The normalized spacial score (nSPS) is 16.9. The number of halogens is 1. The van der Waals surface area contributed by atoms with Gasteiger partial charge in [0.2, 0.25) is 4.73 Å². The van der Waals surface area contributed by atoms with Crippen molar-refractivity contribution >= 4 is 33.7 Å². The van der Waals surface area contributed by atoms with Gasteiger partial charge in [-0.2, -0.15) is 0 Å². The number of rotatable bonds is 5. The highest BCUT2D eigenvalue weighted by Crippen LogP contribution is 2.45. The number of carboxylic acid groups (broad SMARTS) is 1. The summed E-state index contributed by atoms with van der Waals surface area (Å²) in [5.41, 5.74) is 5.52. The van der Waals surface area contributed by atoms with Gasteiger partial charge in [-0.25, -0.2) is 0 Å². The molecule has 2 aliphatic rings. The molecule has 1 aromatic carbocycles. The molecule has 0 bridgehead atoms. The average Bonchev–Trinajstić information content (AvgIpc) is 3.35. The SMILES string of the molecule is O=C(O)CSc1nnc(Br)n1-c1ccc(C2CC2)c2c1CCCC2. The molecule has 7 heteroatoms. The van der Waals surface area contributed by atoms with Crippen LogP contribution < -0.4 is 0 Å². The zero-order valence-corrected chi connectivity index (χ0v) is 15.6. The highest BCUT2D eigenvalue weighted by Gasteiger charge is 2.29. The van der Waals surface area contributed by atoms with Crippen molar-refractivity contribution in [1.29, 1.82) is 0 Å². The van der Waals surface area contributed by atoms with E-state index in [1.807, 2.05) is 4.57 Å². The lowest BCUT2D eigenvalue weighted by atomic mass is 9.85. The molecule has 1 aromatic heterocycles. The lowest BCUT2D eigenvalue weighted by Crippen LogP contribution is -2.12. The van der Waals surface area contributed by atoms with E-state index in [1.165, 1.54) is 54.1 Å². The highest BCUT2D eigenvalue weighted by molar-refractivity contribution is 9.10. The molecule has 2 aromatic rings. The second kappa shape index (κ2) is 6.52. The molecule has 4 rings (SSSR count). The van der Waals surface area contributed by atoms with Gasteiger partial charge in [0.1, 0.15) is 0 Å². The van der Waals surface area contributed by atoms with Crippen LogP contribution in [0.4, 0.5) is 0 Å². The summed E-state index contributed by atoms with van der Waals surface area (Å²) in [7, 11) is 0. The van der Waals surface area contributed by atoms with Crippen molar-refractivity contribution in [2.24, 2.45) is 0 Å². The van der Waals surface area contributed by atoms with Gasteiger partial charge in [0.25, 0.3) is 0 Å². The fourth-order valence-corrected chi connectivity index (χ4v) is 4.76. The first-order valence-corrected chi connectivity index (χ1v) is 10.0. The highest BCUT2D eigenvalue weighted by atomic mass is 79.9. The number of benzene rings is 1. The fraction of sp³-hybridized carbons (Fsp3) is 0.471. The maximum atomic E-state index is 10.9. The first-order chi connectivity index (χ1) is 11.6. The van der Waals surface area contributed by atoms with Crippen LogP contribution in [0.25, 0.3) is 5.69 Å². The third-order valence-electron chi connectivity index (χ3n) is 4.72. The minimum Gasteiger partial charge on any atom is -0.481 e. The molecule has 1 N–H and O–H groups in total. The number of hydrogen-bond donors (Lipinski definition) is 1. The van der Waals surface area contributed by atoms with Gasteiger partial charge in [0, 0.05) is 0 Å². The van der Waals surface area contributed by atoms with Crippen LogP contribution in [0, 0.1) is 0 Å². The molecule has 0 amide bonds. The maximum Gasteiger partial charge on any atom is 0.313 e. The molecule has 0 radical (unpaired) electrons. The number of carbonyl (C=O) groups is 1. The van der Waals surface area contributed by atoms with Gasteiger partial charge >= 0.3 is 5.97 Å². The van der Waals surface area contributed by atoms with Crippen molar-refractivity contribution in [2.45, 2.75) is 49.6 Å². The van der Waals surface area contributed by atoms with Crippen LogP contribution in [-0.2, 0) is 17.6 Å². The molecule has 1 saturated carbocycles. The summed E-state index contributed by atoms with van der Waals surface area (Å²) in [6, 6.07) is 4.42. The Labute approximate surface area is 153 Å². The predicted molar refractivity (Wildman–Crippen MR) is 96.0 cm³/mol. The van der Waals surface area contributed by atoms with Gasteiger partial charge in [0.05, 0.1) is 11.4 Å². The zero-order chi connectivity index (χ0) is 16.7. The Morgan fingerprint density at radius 1 is 1.25 bits per heavy atom. The lowest BCUT2D eigenvalue weighted by Gasteiger charge is -2.23. The molecule has 0 saturated heterocycles. The molecule has 0 spiro atoms. The van der Waals surface area contributed by atoms with Crippen molar-refractivity contribution in [3.8, 4) is 5.69 Å². The molecular weight excluding hydrogens is 390 g/mol. The molecule has 0 aliphatic heterocycles. The number of carboxylic acids is 1. The molecule has 2 aliphatic carbocycles. The fourth-order valence-electron chi connectivity index (χ4n) is 3.54. The van der Waals surface area contributed by atoms with Crippen LogP contribution in [0.2, 0.25) is 0 Å². The van der Waals surface area contributed by atoms with E-state index in [2.05, 4.69) is 38.3 Å². The summed E-state index contributed by atoms with van der Waals surface area (Å²) in [5.74, 6) is -0.124. The molecule has 1 fully saturated rings. The van der Waals surface area contributed by atoms with Gasteiger partial charge in [-0.1, -0.05) is 17.8 Å². The van der Waals surface area contributed by atoms with E-state index >= 15 is 0 Å². The first kappa shape index (κ1) is 16.1. The topological polar surface area (TPSA) is 68.0 Å². The standard InChI is InChI=1S/C17H18BrN3O2S/c18-16-19-20-17(24-9-15(22)23)21(16)14-8-7-11(10-5-6-10)12-3-1-2-4-13(12)14/h7-8,10H,1-6,9H2,(H,22,23). The van der Waals surface area contributed by atoms with Crippen LogP contribution in [0.1, 0.15) is 48.3 Å². The van der Waals surface area contributed by atoms with Crippen LogP contribution in [0.5, 0.6) is 0 Å². The zero-order valence-electron chi connectivity index (χ0n) is 13.2. The van der Waals surface area contributed by atoms with Gasteiger partial charge in [-0.15, -0.1) is 10.2 Å². The minimum atomic E-state index is -0.850. The molecule has 0 atom stereocenters. The summed E-state index contributed by atoms with van der Waals surface area (Å²) < 4.78 is 2.58. The second-order valence-corrected chi connectivity index (χ2v) is 8.03. The summed E-state index contributed by atoms with van der Waals surface area (Å²) >= 11 is 4.68. The first-order valence-electron chi connectivity index (χ1n) is 8.25. The number of thioether (sulfide) groups is 1. The minimum absolute atomic E-state index is 0.0204. The Hall–Kier alpha value is -1.34. The third-order valence-corrected chi connectivity index (χ3v) is 6.15. The molecule has 5 nitrogen and oxygen atoms in total. The molecule has 1 heterocycles. The Morgan fingerprint density at radius 3 is 2.71 bits per heavy atom. The van der Waals surface area contributed by atoms with Gasteiger partial charge in [-0.3, -0.25) is 9.36 Å². The number of fused-ring (bicyclic) bond motifs is 1. The number of aromatic nitrogens is 3. The Balaban J connectivity index is 1.79. The lowest BCUT2D eigenvalue weighted by molar-refractivity contribution is -0.133. The van der Waals surface area contributed by atoms with Gasteiger partial charge in [0.15, 0.2) is 5.16 Å². The molecule has 126 valence electrons. The Bertz CT molecular complexity index is 801. The van der Waals surface area contributed by atoms with E-state index in [0.29, 0.717) is 9.89 Å². The summed E-state index contributed by atoms with van der Waals surface area (Å²) in [4.78, 5) is 10.9. The van der Waals surface area contributed by atoms with Crippen LogP contribution >= 0.6 is 27.7 Å². The monoisotopic (exact) mass is 407 g/mol. The third kappa shape index (κ3) is 2.99. The number of hydrogen-bond acceptors (Lipinski definition) is 4. The Kier molecular flexibility index (Phi) is 4.39. The molecule has 0 unspecified atom stereocenters. The number of nitrogens with zero attached hydrogens (tertiary/aromatic N) is 3. The summed E-state index contributed by atoms with van der Waals surface area (Å²) in [6.45, 7) is 0. The van der Waals surface area contributed by atoms with Crippen LogP contribution in [-0.4, -0.2) is 31.6 Å². The van der Waals surface area contributed by atoms with E-state index < -0.39 is 5.97 Å². The van der Waals surface area contributed by atoms with E-state index in [0.717, 1.165) is 24.4 Å². The van der Waals surface area contributed by atoms with Crippen LogP contribution in [0.15, 0.2) is 22.0 Å². The van der Waals surface area contributed by atoms with Crippen molar-refractivity contribution in [3.05, 3.63) is 33.6 Å². The Morgan fingerprint density at radius 2 is 2.00 bits per heavy atom. The van der Waals surface area contributed by atoms with E-state index in [9.17, 15) is 4.79 Å². The predicted octanol–water partition coefficient (Wildman–Crippen LogP) is 3.96. The van der Waals surface area contributed by atoms with E-state index in [-0.39, 0.29) is 5.75 Å². The van der Waals surface area contributed by atoms with Gasteiger partial charge < -0.3 is 5.11 Å². The number of aliphatic carboxylic acids is 1. The van der Waals surface area contributed by atoms with Crippen molar-refractivity contribution < 1.29 is 9.90 Å². The van der Waals surface area contributed by atoms with Gasteiger partial charge in [-0.05, 0) is 83.1 Å². The summed E-state index contributed by atoms with van der Waals surface area (Å²) in [6.07, 6.45) is 7.28. The van der Waals surface area contributed by atoms with E-state index in [1.54, 1.807) is 0 Å². The van der Waals surface area contributed by atoms with Crippen molar-refractivity contribution in [3.63, 3.8) is 0 Å². The van der Waals surface area contributed by atoms with Crippen molar-refractivity contribution in [2.75, 3.05) is 5.75 Å². The van der Waals surface area contributed by atoms with E-state index in [4.69, 9.17) is 5.11 Å². The maximum absolute atomic E-state index is 10.9. The van der Waals surface area contributed by atoms with Crippen molar-refractivity contribution in [1.82, 2.24) is 14.8 Å². The average molecular weight is 408 g/mol. The largest absolute Gasteiger partial charge is 0.481 e. The van der Waals surface area contributed by atoms with Crippen LogP contribution in [0.3, 0.4) is 0 Å². The molecular formula is C17H18BrN3O2S.